The number of carbonyl (C=O) groups excluding carboxylic acids is 1. The minimum Gasteiger partial charge on any atom is -0.496 e. The number of nitrogens with one attached hydrogen (secondary N) is 1. The fraction of sp³-hybridized carbons (Fsp3) is 0.240. The summed E-state index contributed by atoms with van der Waals surface area (Å²) in [4.78, 5) is 12.8. The molecule has 1 amide bonds. The van der Waals surface area contributed by atoms with Crippen LogP contribution in [0.25, 0.3) is 0 Å². The van der Waals surface area contributed by atoms with E-state index in [4.69, 9.17) is 4.74 Å². The fourth-order valence-electron chi connectivity index (χ4n) is 3.36. The maximum absolute atomic E-state index is 13.4. The van der Waals surface area contributed by atoms with Gasteiger partial charge < -0.3 is 10.1 Å². The third kappa shape index (κ3) is 6.18. The van der Waals surface area contributed by atoms with Crippen LogP contribution in [-0.2, 0) is 27.8 Å². The first-order chi connectivity index (χ1) is 15.4. The van der Waals surface area contributed by atoms with Crippen molar-refractivity contribution in [3.05, 3.63) is 95.6 Å². The van der Waals surface area contributed by atoms with E-state index in [0.717, 1.165) is 11.1 Å². The van der Waals surface area contributed by atoms with E-state index in [1.807, 2.05) is 60.7 Å². The number of carbonyl (C=O) groups is 1. The second kappa shape index (κ2) is 10.9. The normalized spacial score (nSPS) is 11.3. The van der Waals surface area contributed by atoms with Crippen LogP contribution in [0.3, 0.4) is 0 Å². The molecule has 0 bridgehead atoms. The van der Waals surface area contributed by atoms with Crippen LogP contribution in [-0.4, -0.2) is 38.8 Å². The molecule has 0 fully saturated rings. The van der Waals surface area contributed by atoms with Gasteiger partial charge in [-0.1, -0.05) is 60.7 Å². The molecule has 0 aliphatic heterocycles. The number of hydrogen-bond acceptors (Lipinski definition) is 4. The van der Waals surface area contributed by atoms with Crippen molar-refractivity contribution >= 4 is 15.9 Å². The van der Waals surface area contributed by atoms with Gasteiger partial charge in [0.1, 0.15) is 5.75 Å². The van der Waals surface area contributed by atoms with Crippen molar-refractivity contribution in [2.45, 2.75) is 24.8 Å². The predicted molar refractivity (Wildman–Crippen MR) is 125 cm³/mol. The average Bonchev–Trinajstić information content (AvgIpc) is 2.81. The Balaban J connectivity index is 1.78. The minimum atomic E-state index is -3.88. The van der Waals surface area contributed by atoms with E-state index in [2.05, 4.69) is 5.32 Å². The quantitative estimate of drug-likeness (QED) is 0.510. The Bertz CT molecular complexity index is 1130. The van der Waals surface area contributed by atoms with Gasteiger partial charge in [-0.2, -0.15) is 4.31 Å². The van der Waals surface area contributed by atoms with E-state index in [-0.39, 0.29) is 23.9 Å². The van der Waals surface area contributed by atoms with Crippen LogP contribution >= 0.6 is 0 Å². The molecule has 1 N–H and O–H groups in total. The molecule has 0 aliphatic carbocycles. The van der Waals surface area contributed by atoms with Crippen LogP contribution in [0.4, 0.5) is 0 Å². The lowest BCUT2D eigenvalue weighted by Gasteiger charge is -2.22. The van der Waals surface area contributed by atoms with E-state index in [1.165, 1.54) is 10.4 Å². The second-order valence-corrected chi connectivity index (χ2v) is 9.41. The van der Waals surface area contributed by atoms with E-state index < -0.39 is 10.0 Å². The van der Waals surface area contributed by atoms with Gasteiger partial charge in [-0.3, -0.25) is 4.79 Å². The van der Waals surface area contributed by atoms with Crippen molar-refractivity contribution < 1.29 is 17.9 Å². The van der Waals surface area contributed by atoms with E-state index in [9.17, 15) is 13.2 Å². The number of ether oxygens (including phenoxy) is 1. The molecule has 0 atom stereocenters. The summed E-state index contributed by atoms with van der Waals surface area (Å²) < 4.78 is 33.3. The maximum Gasteiger partial charge on any atom is 0.243 e. The van der Waals surface area contributed by atoms with Crippen molar-refractivity contribution in [1.82, 2.24) is 9.62 Å². The molecule has 168 valence electrons. The summed E-state index contributed by atoms with van der Waals surface area (Å²) in [7, 11) is -2.34. The number of aryl methyl sites for hydroxylation is 1. The summed E-state index contributed by atoms with van der Waals surface area (Å²) in [6, 6.07) is 23.8. The highest BCUT2D eigenvalue weighted by molar-refractivity contribution is 7.89. The molecule has 0 heterocycles. The molecule has 0 aliphatic rings. The number of rotatable bonds is 10. The minimum absolute atomic E-state index is 0.139. The molecule has 32 heavy (non-hydrogen) atoms. The monoisotopic (exact) mass is 452 g/mol. The van der Waals surface area contributed by atoms with Crippen LogP contribution in [0.1, 0.15) is 16.7 Å². The topological polar surface area (TPSA) is 75.7 Å². The Morgan fingerprint density at radius 3 is 2.16 bits per heavy atom. The van der Waals surface area contributed by atoms with Gasteiger partial charge in [0.2, 0.25) is 15.9 Å². The fourth-order valence-corrected chi connectivity index (χ4v) is 4.84. The van der Waals surface area contributed by atoms with E-state index in [0.29, 0.717) is 24.3 Å². The molecule has 3 aromatic carbocycles. The highest BCUT2D eigenvalue weighted by atomic mass is 32.2. The molecular formula is C25H28N2O4S. The van der Waals surface area contributed by atoms with Gasteiger partial charge in [-0.05, 0) is 48.2 Å². The summed E-state index contributed by atoms with van der Waals surface area (Å²) in [6.07, 6.45) is 0.501. The predicted octanol–water partition coefficient (Wildman–Crippen LogP) is 3.55. The average molecular weight is 453 g/mol. The molecule has 0 unspecified atom stereocenters. The zero-order valence-electron chi connectivity index (χ0n) is 18.3. The number of benzene rings is 3. The van der Waals surface area contributed by atoms with Gasteiger partial charge in [0, 0.05) is 13.1 Å². The van der Waals surface area contributed by atoms with Gasteiger partial charge in [0.05, 0.1) is 18.6 Å². The first-order valence-electron chi connectivity index (χ1n) is 10.4. The largest absolute Gasteiger partial charge is 0.496 e. The van der Waals surface area contributed by atoms with E-state index >= 15 is 0 Å². The van der Waals surface area contributed by atoms with Crippen LogP contribution in [0.5, 0.6) is 5.75 Å². The summed E-state index contributed by atoms with van der Waals surface area (Å²) in [5.41, 5.74) is 2.67. The zero-order chi connectivity index (χ0) is 23.0. The Morgan fingerprint density at radius 2 is 1.56 bits per heavy atom. The van der Waals surface area contributed by atoms with Crippen molar-refractivity contribution in [2.24, 2.45) is 0 Å². The standard InChI is InChI=1S/C25H28N2O4S/c1-20-17-23(13-14-24(20)31-2)32(29,30)27(16-15-21-9-5-3-6-10-21)19-25(28)26-18-22-11-7-4-8-12-22/h3-14,17H,15-16,18-19H2,1-2H3,(H,26,28). The zero-order valence-corrected chi connectivity index (χ0v) is 19.1. The first-order valence-corrected chi connectivity index (χ1v) is 11.8. The number of sulfonamides is 1. The number of amides is 1. The molecule has 3 aromatic rings. The smallest absolute Gasteiger partial charge is 0.243 e. The second-order valence-electron chi connectivity index (χ2n) is 7.47. The van der Waals surface area contributed by atoms with Crippen LogP contribution in [0, 0.1) is 6.92 Å². The molecule has 6 nitrogen and oxygen atoms in total. The summed E-state index contributed by atoms with van der Waals surface area (Å²) in [6.45, 7) is 2.07. The Labute approximate surface area is 189 Å². The summed E-state index contributed by atoms with van der Waals surface area (Å²) in [5.74, 6) is 0.260. The molecule has 0 saturated carbocycles. The molecule has 0 aromatic heterocycles. The highest BCUT2D eigenvalue weighted by Gasteiger charge is 2.27. The van der Waals surface area contributed by atoms with Crippen LogP contribution < -0.4 is 10.1 Å². The third-order valence-corrected chi connectivity index (χ3v) is 6.99. The van der Waals surface area contributed by atoms with E-state index in [1.54, 1.807) is 26.2 Å². The van der Waals surface area contributed by atoms with Gasteiger partial charge >= 0.3 is 0 Å². The number of hydrogen-bond donors (Lipinski definition) is 1. The van der Waals surface area contributed by atoms with Crippen LogP contribution in [0.15, 0.2) is 83.8 Å². The molecule has 3 rings (SSSR count). The van der Waals surface area contributed by atoms with Crippen molar-refractivity contribution in [2.75, 3.05) is 20.2 Å². The SMILES string of the molecule is COc1ccc(S(=O)(=O)N(CCc2ccccc2)CC(=O)NCc2ccccc2)cc1C. The van der Waals surface area contributed by atoms with Gasteiger partial charge in [-0.15, -0.1) is 0 Å². The van der Waals surface area contributed by atoms with Gasteiger partial charge in [0.25, 0.3) is 0 Å². The van der Waals surface area contributed by atoms with Gasteiger partial charge in [0.15, 0.2) is 0 Å². The molecular weight excluding hydrogens is 424 g/mol. The highest BCUT2D eigenvalue weighted by Crippen LogP contribution is 2.24. The third-order valence-electron chi connectivity index (χ3n) is 5.15. The summed E-state index contributed by atoms with van der Waals surface area (Å²) >= 11 is 0. The van der Waals surface area contributed by atoms with Crippen molar-refractivity contribution in [1.29, 1.82) is 0 Å². The lowest BCUT2D eigenvalue weighted by molar-refractivity contribution is -0.121. The lowest BCUT2D eigenvalue weighted by atomic mass is 10.1. The molecule has 0 radical (unpaired) electrons. The lowest BCUT2D eigenvalue weighted by Crippen LogP contribution is -2.41. The number of nitrogens with zero attached hydrogens (tertiary/aromatic N) is 1. The van der Waals surface area contributed by atoms with Gasteiger partial charge in [-0.25, -0.2) is 8.42 Å². The Hall–Kier alpha value is -3.16. The number of methoxy groups -OCH3 is 1. The Kier molecular flexibility index (Phi) is 8.03. The van der Waals surface area contributed by atoms with Crippen molar-refractivity contribution in [3.63, 3.8) is 0 Å². The molecule has 0 spiro atoms. The maximum atomic E-state index is 13.4. The molecule has 0 saturated heterocycles. The van der Waals surface area contributed by atoms with Crippen LogP contribution in [0.2, 0.25) is 0 Å². The Morgan fingerprint density at radius 1 is 0.938 bits per heavy atom. The van der Waals surface area contributed by atoms with Crippen molar-refractivity contribution in [3.8, 4) is 5.75 Å². The molecule has 7 heteroatoms. The summed E-state index contributed by atoms with van der Waals surface area (Å²) in [5, 5.41) is 2.82. The first kappa shape index (κ1) is 23.5.